The molecule has 3 heterocycles. The Hall–Kier alpha value is -7.76. The van der Waals surface area contributed by atoms with Gasteiger partial charge in [0.25, 0.3) is 0 Å². The molecule has 0 saturated carbocycles. The number of fused-ring (bicyclic) bond motifs is 5. The Morgan fingerprint density at radius 3 is 1.33 bits per heavy atom. The van der Waals surface area contributed by atoms with E-state index in [4.69, 9.17) is 19.9 Å². The van der Waals surface area contributed by atoms with E-state index in [9.17, 15) is 0 Å². The van der Waals surface area contributed by atoms with Crippen molar-refractivity contribution in [3.63, 3.8) is 0 Å². The second kappa shape index (κ2) is 13.8. The first-order valence-electron chi connectivity index (χ1n) is 19.6. The van der Waals surface area contributed by atoms with Gasteiger partial charge in [-0.1, -0.05) is 182 Å². The number of hydrogen-bond donors (Lipinski definition) is 0. The van der Waals surface area contributed by atoms with Crippen molar-refractivity contribution in [3.05, 3.63) is 235 Å². The number of imidazole rings is 1. The van der Waals surface area contributed by atoms with Gasteiger partial charge in [0, 0.05) is 16.7 Å². The first kappa shape index (κ1) is 33.6. The fourth-order valence-corrected chi connectivity index (χ4v) is 8.63. The van der Waals surface area contributed by atoms with Gasteiger partial charge in [-0.3, -0.25) is 4.57 Å². The molecule has 11 rings (SSSR count). The summed E-state index contributed by atoms with van der Waals surface area (Å²) in [5, 5.41) is 0. The van der Waals surface area contributed by atoms with Crippen LogP contribution in [0.15, 0.2) is 212 Å². The zero-order valence-electron chi connectivity index (χ0n) is 31.4. The average molecular weight is 742 g/mol. The minimum atomic E-state index is -0.564. The lowest BCUT2D eigenvalue weighted by atomic mass is 9.70. The van der Waals surface area contributed by atoms with Crippen LogP contribution in [0.3, 0.4) is 0 Å². The molecule has 5 nitrogen and oxygen atoms in total. The summed E-state index contributed by atoms with van der Waals surface area (Å²) in [4.78, 5) is 20.4. The van der Waals surface area contributed by atoms with Crippen LogP contribution in [0.5, 0.6) is 0 Å². The molecule has 0 aliphatic carbocycles. The number of para-hydroxylation sites is 1. The molecule has 0 fully saturated rings. The van der Waals surface area contributed by atoms with E-state index in [1.807, 2.05) is 60.7 Å². The van der Waals surface area contributed by atoms with Gasteiger partial charge in [0.2, 0.25) is 0 Å². The molecule has 0 spiro atoms. The third-order valence-electron chi connectivity index (χ3n) is 11.3. The van der Waals surface area contributed by atoms with Crippen LogP contribution in [-0.2, 0) is 5.41 Å². The van der Waals surface area contributed by atoms with Crippen LogP contribution in [0.2, 0.25) is 0 Å². The minimum absolute atomic E-state index is 0.564. The molecule has 1 aliphatic heterocycles. The molecular weight excluding hydrogens is 707 g/mol. The standard InChI is InChI=1S/C53H35N5/c1-5-17-36(18-6-1)49-55-50(37-19-7-2-8-20-37)57-51(56-49)42-24-16-23-40(34-42)38-21-15-22-39(33-38)41-31-32-48-46(35-41)54-52-53(43-25-9-3-10-26-43,44-27-11-4-12-28-44)45-29-13-14-30-47(45)58(48)52/h1-35H. The summed E-state index contributed by atoms with van der Waals surface area (Å²) in [6, 6.07) is 74.4. The molecule has 1 aliphatic rings. The van der Waals surface area contributed by atoms with E-state index >= 15 is 0 Å². The molecule has 0 amide bonds. The molecule has 272 valence electrons. The number of nitrogens with zero attached hydrogens (tertiary/aromatic N) is 5. The lowest BCUT2D eigenvalue weighted by Crippen LogP contribution is -2.29. The minimum Gasteiger partial charge on any atom is -0.295 e. The topological polar surface area (TPSA) is 56.5 Å². The molecule has 58 heavy (non-hydrogen) atoms. The Labute approximate surface area is 336 Å². The first-order chi connectivity index (χ1) is 28.7. The third-order valence-corrected chi connectivity index (χ3v) is 11.3. The fraction of sp³-hybridized carbons (Fsp3) is 0.0189. The maximum absolute atomic E-state index is 5.53. The van der Waals surface area contributed by atoms with Crippen molar-refractivity contribution in [1.29, 1.82) is 0 Å². The number of hydrogen-bond acceptors (Lipinski definition) is 4. The second-order valence-corrected chi connectivity index (χ2v) is 14.7. The van der Waals surface area contributed by atoms with Crippen LogP contribution in [0.1, 0.15) is 22.5 Å². The van der Waals surface area contributed by atoms with Gasteiger partial charge >= 0.3 is 0 Å². The van der Waals surface area contributed by atoms with Crippen LogP contribution < -0.4 is 0 Å². The Kier molecular flexibility index (Phi) is 7.97. The molecule has 2 aromatic heterocycles. The maximum atomic E-state index is 5.53. The number of benzene rings is 8. The summed E-state index contributed by atoms with van der Waals surface area (Å²) >= 11 is 0. The quantitative estimate of drug-likeness (QED) is 0.163. The van der Waals surface area contributed by atoms with Gasteiger partial charge in [-0.25, -0.2) is 19.9 Å². The summed E-state index contributed by atoms with van der Waals surface area (Å²) in [7, 11) is 0. The number of aromatic nitrogens is 5. The van der Waals surface area contributed by atoms with Crippen molar-refractivity contribution in [2.75, 3.05) is 0 Å². The molecule has 0 radical (unpaired) electrons. The highest BCUT2D eigenvalue weighted by Crippen LogP contribution is 2.52. The second-order valence-electron chi connectivity index (χ2n) is 14.7. The van der Waals surface area contributed by atoms with Crippen molar-refractivity contribution < 1.29 is 0 Å². The zero-order valence-corrected chi connectivity index (χ0v) is 31.4. The summed E-state index contributed by atoms with van der Waals surface area (Å²) in [5.41, 5.74) is 13.5. The Morgan fingerprint density at radius 2 is 0.759 bits per heavy atom. The van der Waals surface area contributed by atoms with Gasteiger partial charge in [-0.15, -0.1) is 0 Å². The molecule has 0 bridgehead atoms. The van der Waals surface area contributed by atoms with Crippen LogP contribution in [0.25, 0.3) is 73.1 Å². The molecule has 8 aromatic carbocycles. The highest BCUT2D eigenvalue weighted by molar-refractivity contribution is 5.88. The van der Waals surface area contributed by atoms with Gasteiger partial charge in [-0.2, -0.15) is 0 Å². The van der Waals surface area contributed by atoms with Crippen LogP contribution in [0, 0.1) is 0 Å². The summed E-state index contributed by atoms with van der Waals surface area (Å²) in [5.74, 6) is 2.93. The highest BCUT2D eigenvalue weighted by atomic mass is 15.1. The fourth-order valence-electron chi connectivity index (χ4n) is 8.63. The van der Waals surface area contributed by atoms with Gasteiger partial charge in [0.15, 0.2) is 17.5 Å². The highest BCUT2D eigenvalue weighted by Gasteiger charge is 2.48. The zero-order chi connectivity index (χ0) is 38.5. The van der Waals surface area contributed by atoms with Crippen LogP contribution >= 0.6 is 0 Å². The summed E-state index contributed by atoms with van der Waals surface area (Å²) in [6.07, 6.45) is 0. The Balaban J connectivity index is 1.00. The van der Waals surface area contributed by atoms with Crippen LogP contribution in [-0.4, -0.2) is 24.5 Å². The molecule has 5 heteroatoms. The summed E-state index contributed by atoms with van der Waals surface area (Å²) in [6.45, 7) is 0. The predicted octanol–water partition coefficient (Wildman–Crippen LogP) is 12.2. The van der Waals surface area contributed by atoms with Gasteiger partial charge in [0.1, 0.15) is 11.2 Å². The molecule has 0 saturated heterocycles. The van der Waals surface area contributed by atoms with Gasteiger partial charge in [0.05, 0.1) is 16.7 Å². The van der Waals surface area contributed by atoms with E-state index in [1.165, 1.54) is 16.7 Å². The van der Waals surface area contributed by atoms with E-state index in [1.54, 1.807) is 0 Å². The predicted molar refractivity (Wildman–Crippen MR) is 234 cm³/mol. The molecule has 0 N–H and O–H groups in total. The Bertz CT molecular complexity index is 3010. The first-order valence-corrected chi connectivity index (χ1v) is 19.6. The average Bonchev–Trinajstić information content (AvgIpc) is 3.83. The van der Waals surface area contributed by atoms with Crippen molar-refractivity contribution in [2.24, 2.45) is 0 Å². The van der Waals surface area contributed by atoms with Crippen molar-refractivity contribution in [2.45, 2.75) is 5.41 Å². The van der Waals surface area contributed by atoms with Crippen molar-refractivity contribution in [1.82, 2.24) is 24.5 Å². The van der Waals surface area contributed by atoms with Gasteiger partial charge < -0.3 is 0 Å². The monoisotopic (exact) mass is 741 g/mol. The van der Waals surface area contributed by atoms with E-state index in [0.717, 1.165) is 61.5 Å². The van der Waals surface area contributed by atoms with E-state index < -0.39 is 5.41 Å². The molecule has 0 unspecified atom stereocenters. The lowest BCUT2D eigenvalue weighted by molar-refractivity contribution is 0.718. The number of rotatable bonds is 7. The SMILES string of the molecule is c1ccc(-c2nc(-c3ccccc3)nc(-c3cccc(-c4cccc(-c5ccc6c(c5)nc5n6-c6ccccc6C5(c5ccccc5)c5ccccc5)c4)c3)n2)cc1. The van der Waals surface area contributed by atoms with E-state index in [2.05, 4.69) is 156 Å². The van der Waals surface area contributed by atoms with E-state index in [0.29, 0.717) is 17.5 Å². The van der Waals surface area contributed by atoms with E-state index in [-0.39, 0.29) is 0 Å². The third kappa shape index (κ3) is 5.47. The largest absolute Gasteiger partial charge is 0.295 e. The van der Waals surface area contributed by atoms with Crippen molar-refractivity contribution >= 4 is 11.0 Å². The Morgan fingerprint density at radius 1 is 0.328 bits per heavy atom. The molecule has 0 atom stereocenters. The van der Waals surface area contributed by atoms with Crippen molar-refractivity contribution in [3.8, 4) is 62.1 Å². The normalized spacial score (nSPS) is 12.6. The lowest BCUT2D eigenvalue weighted by Gasteiger charge is -2.30. The summed E-state index contributed by atoms with van der Waals surface area (Å²) < 4.78 is 2.37. The smallest absolute Gasteiger partial charge is 0.164 e. The molecular formula is C53H35N5. The molecule has 10 aromatic rings. The van der Waals surface area contributed by atoms with Crippen LogP contribution in [0.4, 0.5) is 0 Å². The van der Waals surface area contributed by atoms with Gasteiger partial charge in [-0.05, 0) is 69.3 Å². The maximum Gasteiger partial charge on any atom is 0.164 e.